The second-order valence-electron chi connectivity index (χ2n) is 10.2. The summed E-state index contributed by atoms with van der Waals surface area (Å²) in [6, 6.07) is 3.72. The first-order chi connectivity index (χ1) is 16.7. The molecule has 2 aromatic heterocycles. The summed E-state index contributed by atoms with van der Waals surface area (Å²) in [6.45, 7) is 7.74. The molecule has 0 bridgehead atoms. The van der Waals surface area contributed by atoms with Gasteiger partial charge in [0.25, 0.3) is 5.56 Å². The third-order valence-electron chi connectivity index (χ3n) is 7.80. The lowest BCUT2D eigenvalue weighted by Crippen LogP contribution is -2.44. The number of esters is 1. The third-order valence-corrected chi connectivity index (χ3v) is 7.80. The fraction of sp³-hybridized carbons (Fsp3) is 0.444. The maximum absolute atomic E-state index is 15.2. The quantitative estimate of drug-likeness (QED) is 0.439. The molecule has 182 valence electrons. The highest BCUT2D eigenvalue weighted by atomic mass is 19.1. The van der Waals surface area contributed by atoms with Crippen molar-refractivity contribution in [3.8, 4) is 11.4 Å². The van der Waals surface area contributed by atoms with Gasteiger partial charge in [0.05, 0.1) is 29.0 Å². The highest BCUT2D eigenvalue weighted by Gasteiger charge is 2.46. The van der Waals surface area contributed by atoms with E-state index in [1.54, 1.807) is 30.5 Å². The van der Waals surface area contributed by atoms with E-state index in [0.29, 0.717) is 52.1 Å². The van der Waals surface area contributed by atoms with E-state index in [2.05, 4.69) is 19.2 Å². The molecule has 0 fully saturated rings. The van der Waals surface area contributed by atoms with E-state index >= 15 is 4.39 Å². The van der Waals surface area contributed by atoms with Gasteiger partial charge in [0.2, 0.25) is 0 Å². The predicted molar refractivity (Wildman–Crippen MR) is 129 cm³/mol. The maximum Gasteiger partial charge on any atom is 0.343 e. The molecule has 1 unspecified atom stereocenters. The summed E-state index contributed by atoms with van der Waals surface area (Å²) >= 11 is 0. The van der Waals surface area contributed by atoms with Gasteiger partial charge in [-0.15, -0.1) is 0 Å². The molecule has 7 nitrogen and oxygen atoms in total. The average molecular weight is 478 g/mol. The molecule has 0 spiro atoms. The average Bonchev–Trinajstić information content (AvgIpc) is 3.19. The smallest absolute Gasteiger partial charge is 0.343 e. The summed E-state index contributed by atoms with van der Waals surface area (Å²) < 4.78 is 22.0. The number of aromatic nitrogens is 2. The molecule has 1 aromatic carbocycles. The van der Waals surface area contributed by atoms with E-state index in [-0.39, 0.29) is 36.5 Å². The Morgan fingerprint density at radius 1 is 1.29 bits per heavy atom. The van der Waals surface area contributed by atoms with Gasteiger partial charge in [-0.3, -0.25) is 4.79 Å². The number of pyridine rings is 2. The molecular formula is C27H28FN3O4. The van der Waals surface area contributed by atoms with Crippen molar-refractivity contribution in [2.24, 2.45) is 0 Å². The number of rotatable bonds is 3. The van der Waals surface area contributed by atoms with Crippen molar-refractivity contribution in [2.75, 3.05) is 0 Å². The number of fused-ring (bicyclic) bond motifs is 5. The van der Waals surface area contributed by atoms with E-state index in [9.17, 15) is 14.7 Å². The molecule has 8 heteroatoms. The Balaban J connectivity index is 1.68. The van der Waals surface area contributed by atoms with Crippen LogP contribution in [0.3, 0.4) is 0 Å². The number of ether oxygens (including phenoxy) is 1. The first-order valence-corrected chi connectivity index (χ1v) is 12.2. The summed E-state index contributed by atoms with van der Waals surface area (Å²) in [6.07, 6.45) is 1.45. The molecule has 2 atom stereocenters. The Labute approximate surface area is 201 Å². The van der Waals surface area contributed by atoms with E-state index < -0.39 is 11.6 Å². The molecule has 0 amide bonds. The zero-order valence-electron chi connectivity index (χ0n) is 20.3. The number of cyclic esters (lactones) is 1. The molecule has 2 N–H and O–H groups in total. The number of halogens is 1. The lowest BCUT2D eigenvalue weighted by molar-refractivity contribution is -0.172. The van der Waals surface area contributed by atoms with Crippen LogP contribution in [0.25, 0.3) is 22.3 Å². The van der Waals surface area contributed by atoms with Gasteiger partial charge in [0.1, 0.15) is 12.4 Å². The molecule has 6 rings (SSSR count). The van der Waals surface area contributed by atoms with Crippen LogP contribution in [0.15, 0.2) is 16.9 Å². The number of benzene rings is 1. The fourth-order valence-electron chi connectivity index (χ4n) is 6.10. The minimum Gasteiger partial charge on any atom is -0.458 e. The van der Waals surface area contributed by atoms with Crippen molar-refractivity contribution in [1.29, 1.82) is 0 Å². The Morgan fingerprint density at radius 2 is 2.06 bits per heavy atom. The minimum atomic E-state index is -1.87. The van der Waals surface area contributed by atoms with E-state index in [1.807, 2.05) is 0 Å². The molecule has 0 saturated heterocycles. The fourth-order valence-corrected chi connectivity index (χ4v) is 6.10. The molecule has 0 saturated carbocycles. The molecule has 0 radical (unpaired) electrons. The second kappa shape index (κ2) is 7.45. The standard InChI is InChI=1S/C27H28FN3O4/c1-5-27(34)17-9-20-24-15(10-31(20)25(32)16(17)11-35-26(27)33)22-18(29-12(2)3)7-6-14-21(22)19(30-24)8-13(4)23(14)28/h8-9,12,18,29,34H,5-7,10-11H2,1-4H3/t18?,27-/m0/s1. The van der Waals surface area contributed by atoms with Crippen molar-refractivity contribution in [3.63, 3.8) is 0 Å². The number of aliphatic hydroxyl groups is 1. The number of carbonyl (C=O) groups excluding carboxylic acids is 1. The van der Waals surface area contributed by atoms with Crippen molar-refractivity contribution in [2.45, 2.75) is 77.8 Å². The Bertz CT molecular complexity index is 1510. The number of hydrogen-bond acceptors (Lipinski definition) is 6. The first-order valence-electron chi connectivity index (χ1n) is 12.2. The van der Waals surface area contributed by atoms with E-state index in [1.165, 1.54) is 0 Å². The lowest BCUT2D eigenvalue weighted by atomic mass is 9.82. The zero-order chi connectivity index (χ0) is 24.8. The first kappa shape index (κ1) is 22.4. The van der Waals surface area contributed by atoms with Gasteiger partial charge in [-0.1, -0.05) is 20.8 Å². The van der Waals surface area contributed by atoms with Crippen molar-refractivity contribution >= 4 is 16.9 Å². The van der Waals surface area contributed by atoms with Crippen LogP contribution in [0, 0.1) is 12.7 Å². The van der Waals surface area contributed by atoms with Crippen LogP contribution in [0.5, 0.6) is 0 Å². The Morgan fingerprint density at radius 3 is 2.77 bits per heavy atom. The number of carbonyl (C=O) groups is 1. The highest BCUT2D eigenvalue weighted by molar-refractivity contribution is 5.93. The maximum atomic E-state index is 15.2. The largest absolute Gasteiger partial charge is 0.458 e. The molecule has 4 heterocycles. The van der Waals surface area contributed by atoms with Gasteiger partial charge in [0.15, 0.2) is 5.60 Å². The highest BCUT2D eigenvalue weighted by Crippen LogP contribution is 2.45. The predicted octanol–water partition coefficient (Wildman–Crippen LogP) is 3.51. The van der Waals surface area contributed by atoms with Gasteiger partial charge in [-0.25, -0.2) is 14.2 Å². The van der Waals surface area contributed by atoms with Crippen LogP contribution >= 0.6 is 0 Å². The Hall–Kier alpha value is -3.10. The molecule has 3 aliphatic rings. The normalized spacial score (nSPS) is 22.3. The van der Waals surface area contributed by atoms with Crippen LogP contribution in [0.1, 0.15) is 73.0 Å². The van der Waals surface area contributed by atoms with Gasteiger partial charge < -0.3 is 19.7 Å². The lowest BCUT2D eigenvalue weighted by Gasteiger charge is -2.31. The topological polar surface area (TPSA) is 93.5 Å². The summed E-state index contributed by atoms with van der Waals surface area (Å²) in [7, 11) is 0. The summed E-state index contributed by atoms with van der Waals surface area (Å²) in [5, 5.41) is 15.6. The summed E-state index contributed by atoms with van der Waals surface area (Å²) in [4.78, 5) is 31.0. The van der Waals surface area contributed by atoms with Crippen LogP contribution in [-0.2, 0) is 34.7 Å². The molecular weight excluding hydrogens is 449 g/mol. The number of aryl methyl sites for hydroxylation is 2. The van der Waals surface area contributed by atoms with E-state index in [0.717, 1.165) is 22.9 Å². The van der Waals surface area contributed by atoms with Crippen LogP contribution < -0.4 is 10.9 Å². The third kappa shape index (κ3) is 2.93. The summed E-state index contributed by atoms with van der Waals surface area (Å²) in [5.74, 6) is -0.927. The number of hydrogen-bond donors (Lipinski definition) is 2. The van der Waals surface area contributed by atoms with E-state index in [4.69, 9.17) is 9.72 Å². The molecule has 1 aliphatic carbocycles. The van der Waals surface area contributed by atoms with Gasteiger partial charge >= 0.3 is 5.97 Å². The minimum absolute atomic E-state index is 0.000908. The van der Waals surface area contributed by atoms with Crippen molar-refractivity contribution in [3.05, 3.63) is 61.7 Å². The number of nitrogens with one attached hydrogen (secondary N) is 1. The number of nitrogens with zero attached hydrogens (tertiary/aromatic N) is 2. The van der Waals surface area contributed by atoms with Gasteiger partial charge in [-0.05, 0) is 55.0 Å². The van der Waals surface area contributed by atoms with Crippen molar-refractivity contribution in [1.82, 2.24) is 14.9 Å². The van der Waals surface area contributed by atoms with Gasteiger partial charge in [-0.2, -0.15) is 0 Å². The monoisotopic (exact) mass is 477 g/mol. The zero-order valence-corrected chi connectivity index (χ0v) is 20.3. The SMILES string of the molecule is CC[C@@]1(O)C(=O)OCc2c1cc1n(c2=O)Cc2c-1nc1cc(C)c(F)c3c1c2C(NC(C)C)CC3. The van der Waals surface area contributed by atoms with Crippen LogP contribution in [0.4, 0.5) is 4.39 Å². The van der Waals surface area contributed by atoms with Gasteiger partial charge in [0, 0.05) is 28.6 Å². The Kier molecular flexibility index (Phi) is 4.76. The molecule has 2 aliphatic heterocycles. The van der Waals surface area contributed by atoms with Crippen LogP contribution in [-0.4, -0.2) is 26.7 Å². The molecule has 3 aromatic rings. The molecule has 35 heavy (non-hydrogen) atoms. The van der Waals surface area contributed by atoms with Crippen molar-refractivity contribution < 1.29 is 19.0 Å². The summed E-state index contributed by atoms with van der Waals surface area (Å²) in [5.41, 5.74) is 3.48. The van der Waals surface area contributed by atoms with Crippen LogP contribution in [0.2, 0.25) is 0 Å². The second-order valence-corrected chi connectivity index (χ2v) is 10.2.